The van der Waals surface area contributed by atoms with Crippen LogP contribution in [0.2, 0.25) is 0 Å². The number of ether oxygens (including phenoxy) is 2. The van der Waals surface area contributed by atoms with Crippen molar-refractivity contribution in [3.05, 3.63) is 29.8 Å². The summed E-state index contributed by atoms with van der Waals surface area (Å²) < 4.78 is 11.4. The Kier molecular flexibility index (Phi) is 8.69. The largest absolute Gasteiger partial charge is 0.491 e. The average molecular weight is 383 g/mol. The summed E-state index contributed by atoms with van der Waals surface area (Å²) in [5.41, 5.74) is 0.747. The highest BCUT2D eigenvalue weighted by Crippen LogP contribution is 2.20. The van der Waals surface area contributed by atoms with Crippen LogP contribution in [0.5, 0.6) is 5.75 Å². The van der Waals surface area contributed by atoms with Gasteiger partial charge in [-0.25, -0.2) is 0 Å². The molecule has 6 heteroatoms. The standard InChI is InChI=1S/C20H30N2O3.ClH/c1-2-13-22(17-9-11-21-12-10-17)20(23)16-5-7-18(8-6-16)25-15-19-4-3-14-24-19;/h5-8,17,19,21H,2-4,9-15H2,1H3;1H. The van der Waals surface area contributed by atoms with Crippen molar-refractivity contribution in [3.63, 3.8) is 0 Å². The topological polar surface area (TPSA) is 50.8 Å². The van der Waals surface area contributed by atoms with Crippen molar-refractivity contribution in [2.24, 2.45) is 0 Å². The van der Waals surface area contributed by atoms with E-state index in [1.807, 2.05) is 24.3 Å². The number of piperidine rings is 1. The first-order chi connectivity index (χ1) is 12.3. The predicted molar refractivity (Wildman–Crippen MR) is 105 cm³/mol. The minimum atomic E-state index is 0. The van der Waals surface area contributed by atoms with Crippen LogP contribution in [0.1, 0.15) is 49.4 Å². The zero-order valence-electron chi connectivity index (χ0n) is 15.6. The third-order valence-corrected chi connectivity index (χ3v) is 5.04. The second-order valence-electron chi connectivity index (χ2n) is 6.95. The van der Waals surface area contributed by atoms with Gasteiger partial charge in [0.05, 0.1) is 6.10 Å². The summed E-state index contributed by atoms with van der Waals surface area (Å²) in [6.07, 6.45) is 5.45. The normalized spacial score (nSPS) is 20.4. The molecule has 2 heterocycles. The van der Waals surface area contributed by atoms with Crippen LogP contribution in [0.4, 0.5) is 0 Å². The maximum Gasteiger partial charge on any atom is 0.254 e. The first kappa shape index (κ1) is 21.0. The van der Waals surface area contributed by atoms with Crippen molar-refractivity contribution in [1.82, 2.24) is 10.2 Å². The Morgan fingerprint density at radius 2 is 1.96 bits per heavy atom. The van der Waals surface area contributed by atoms with Gasteiger partial charge in [-0.2, -0.15) is 0 Å². The van der Waals surface area contributed by atoms with E-state index < -0.39 is 0 Å². The molecular formula is C20H31ClN2O3. The SMILES string of the molecule is CCCN(C(=O)c1ccc(OCC2CCCO2)cc1)C1CCNCC1.Cl. The molecule has 2 saturated heterocycles. The second-order valence-corrected chi connectivity index (χ2v) is 6.95. The fraction of sp³-hybridized carbons (Fsp3) is 0.650. The Bertz CT molecular complexity index is 540. The highest BCUT2D eigenvalue weighted by molar-refractivity contribution is 5.94. The minimum Gasteiger partial charge on any atom is -0.491 e. The molecule has 0 aromatic heterocycles. The van der Waals surface area contributed by atoms with Crippen LogP contribution >= 0.6 is 12.4 Å². The van der Waals surface area contributed by atoms with Crippen LogP contribution < -0.4 is 10.1 Å². The van der Waals surface area contributed by atoms with E-state index in [1.54, 1.807) is 0 Å². The monoisotopic (exact) mass is 382 g/mol. The maximum atomic E-state index is 13.0. The molecule has 1 atom stereocenters. The van der Waals surface area contributed by atoms with Crippen molar-refractivity contribution in [2.45, 2.75) is 51.2 Å². The molecule has 0 saturated carbocycles. The molecule has 26 heavy (non-hydrogen) atoms. The smallest absolute Gasteiger partial charge is 0.254 e. The van der Waals surface area contributed by atoms with Gasteiger partial charge in [-0.1, -0.05) is 6.92 Å². The van der Waals surface area contributed by atoms with E-state index in [9.17, 15) is 4.79 Å². The first-order valence-electron chi connectivity index (χ1n) is 9.64. The molecular weight excluding hydrogens is 352 g/mol. The van der Waals surface area contributed by atoms with Crippen LogP contribution in [0.3, 0.4) is 0 Å². The molecule has 1 unspecified atom stereocenters. The van der Waals surface area contributed by atoms with Gasteiger partial charge in [0.1, 0.15) is 12.4 Å². The van der Waals surface area contributed by atoms with Crippen molar-refractivity contribution < 1.29 is 14.3 Å². The molecule has 1 amide bonds. The third-order valence-electron chi connectivity index (χ3n) is 5.04. The Morgan fingerprint density at radius 3 is 2.58 bits per heavy atom. The van der Waals surface area contributed by atoms with Gasteiger partial charge >= 0.3 is 0 Å². The number of nitrogens with zero attached hydrogens (tertiary/aromatic N) is 1. The Balaban J connectivity index is 0.00000243. The molecule has 3 rings (SSSR count). The maximum absolute atomic E-state index is 13.0. The molecule has 1 aromatic carbocycles. The number of carbonyl (C=O) groups is 1. The lowest BCUT2D eigenvalue weighted by Crippen LogP contribution is -2.46. The number of nitrogens with one attached hydrogen (secondary N) is 1. The molecule has 0 aliphatic carbocycles. The fourth-order valence-corrected chi connectivity index (χ4v) is 3.63. The zero-order valence-corrected chi connectivity index (χ0v) is 16.4. The van der Waals surface area contributed by atoms with Crippen LogP contribution in [0, 0.1) is 0 Å². The highest BCUT2D eigenvalue weighted by atomic mass is 35.5. The molecule has 2 aliphatic heterocycles. The lowest BCUT2D eigenvalue weighted by molar-refractivity contribution is 0.0640. The Morgan fingerprint density at radius 1 is 1.23 bits per heavy atom. The molecule has 1 aromatic rings. The van der Waals surface area contributed by atoms with E-state index in [2.05, 4.69) is 17.1 Å². The summed E-state index contributed by atoms with van der Waals surface area (Å²) in [5, 5.41) is 3.37. The van der Waals surface area contributed by atoms with Crippen molar-refractivity contribution >= 4 is 18.3 Å². The summed E-state index contributed by atoms with van der Waals surface area (Å²) in [6.45, 7) is 6.36. The highest BCUT2D eigenvalue weighted by Gasteiger charge is 2.25. The molecule has 1 N–H and O–H groups in total. The molecule has 2 fully saturated rings. The fourth-order valence-electron chi connectivity index (χ4n) is 3.63. The predicted octanol–water partition coefficient (Wildman–Crippen LogP) is 3.27. The lowest BCUT2D eigenvalue weighted by Gasteiger charge is -2.34. The first-order valence-corrected chi connectivity index (χ1v) is 9.64. The van der Waals surface area contributed by atoms with E-state index >= 15 is 0 Å². The number of amides is 1. The van der Waals surface area contributed by atoms with Crippen LogP contribution in [0.15, 0.2) is 24.3 Å². The van der Waals surface area contributed by atoms with Gasteiger partial charge in [0.15, 0.2) is 0 Å². The van der Waals surface area contributed by atoms with Gasteiger partial charge < -0.3 is 19.7 Å². The van der Waals surface area contributed by atoms with Gasteiger partial charge in [0.2, 0.25) is 0 Å². The van der Waals surface area contributed by atoms with Gasteiger partial charge in [0.25, 0.3) is 5.91 Å². The average Bonchev–Trinajstić information content (AvgIpc) is 3.19. The zero-order chi connectivity index (χ0) is 17.5. The summed E-state index contributed by atoms with van der Waals surface area (Å²) in [5.74, 6) is 0.940. The Hall–Kier alpha value is -1.30. The number of hydrogen-bond donors (Lipinski definition) is 1. The van der Waals surface area contributed by atoms with Crippen LogP contribution in [0.25, 0.3) is 0 Å². The molecule has 0 bridgehead atoms. The van der Waals surface area contributed by atoms with Gasteiger partial charge in [-0.15, -0.1) is 12.4 Å². The summed E-state index contributed by atoms with van der Waals surface area (Å²) in [7, 11) is 0. The summed E-state index contributed by atoms with van der Waals surface area (Å²) >= 11 is 0. The molecule has 0 radical (unpaired) electrons. The van der Waals surface area contributed by atoms with Crippen LogP contribution in [-0.2, 0) is 4.74 Å². The van der Waals surface area contributed by atoms with E-state index in [1.165, 1.54) is 0 Å². The number of halogens is 1. The molecule has 0 spiro atoms. The van der Waals surface area contributed by atoms with Crippen LogP contribution in [-0.4, -0.2) is 55.8 Å². The number of carbonyl (C=O) groups excluding carboxylic acids is 1. The van der Waals surface area contributed by atoms with E-state index in [4.69, 9.17) is 9.47 Å². The van der Waals surface area contributed by atoms with E-state index in [0.717, 1.165) is 69.7 Å². The third kappa shape index (κ3) is 5.60. The second kappa shape index (κ2) is 10.8. The molecule has 5 nitrogen and oxygen atoms in total. The van der Waals surface area contributed by atoms with Crippen molar-refractivity contribution in [2.75, 3.05) is 32.8 Å². The summed E-state index contributed by atoms with van der Waals surface area (Å²) in [6, 6.07) is 7.92. The van der Waals surface area contributed by atoms with Gasteiger partial charge in [-0.3, -0.25) is 4.79 Å². The number of benzene rings is 1. The Labute approximate surface area is 162 Å². The van der Waals surface area contributed by atoms with E-state index in [0.29, 0.717) is 12.6 Å². The number of rotatable bonds is 7. The van der Waals surface area contributed by atoms with Gasteiger partial charge in [0, 0.05) is 24.8 Å². The number of hydrogen-bond acceptors (Lipinski definition) is 4. The quantitative estimate of drug-likeness (QED) is 0.786. The van der Waals surface area contributed by atoms with Crippen molar-refractivity contribution in [3.8, 4) is 5.75 Å². The minimum absolute atomic E-state index is 0. The molecule has 2 aliphatic rings. The van der Waals surface area contributed by atoms with Crippen molar-refractivity contribution in [1.29, 1.82) is 0 Å². The van der Waals surface area contributed by atoms with E-state index in [-0.39, 0.29) is 24.4 Å². The summed E-state index contributed by atoms with van der Waals surface area (Å²) in [4.78, 5) is 15.0. The van der Waals surface area contributed by atoms with Gasteiger partial charge in [-0.05, 0) is 69.5 Å². The molecule has 146 valence electrons. The lowest BCUT2D eigenvalue weighted by atomic mass is 10.0.